The molecule has 8 nitrogen and oxygen atoms in total. The highest BCUT2D eigenvalue weighted by Gasteiger charge is 2.27. The molecule has 0 unspecified atom stereocenters. The molecule has 184 valence electrons. The molecular weight excluding hydrogens is 466 g/mol. The van der Waals surface area contributed by atoms with Gasteiger partial charge in [0.1, 0.15) is 5.76 Å². The molecule has 2 aromatic carbocycles. The SMILES string of the molecule is Cc1ccc(NS(=O)(=O)c2ccc(C)c(C(=O)N3CCC(NC(=O)c4ccc(C)o4)CC3)c2)cc1. The second-order valence-electron chi connectivity index (χ2n) is 8.90. The minimum absolute atomic E-state index is 0.0305. The van der Waals surface area contributed by atoms with E-state index in [1.54, 1.807) is 49.1 Å². The van der Waals surface area contributed by atoms with Crippen LogP contribution in [0.1, 0.15) is 50.6 Å². The number of amides is 2. The smallest absolute Gasteiger partial charge is 0.287 e. The summed E-state index contributed by atoms with van der Waals surface area (Å²) in [6.45, 7) is 6.40. The summed E-state index contributed by atoms with van der Waals surface area (Å²) in [4.78, 5) is 27.3. The number of anilines is 1. The molecule has 0 bridgehead atoms. The molecule has 1 saturated heterocycles. The molecule has 1 aromatic heterocycles. The fourth-order valence-corrected chi connectivity index (χ4v) is 5.13. The molecule has 0 radical (unpaired) electrons. The van der Waals surface area contributed by atoms with Gasteiger partial charge >= 0.3 is 0 Å². The average Bonchev–Trinajstić information content (AvgIpc) is 3.27. The summed E-state index contributed by atoms with van der Waals surface area (Å²) in [7, 11) is -3.85. The van der Waals surface area contributed by atoms with Crippen LogP contribution in [0.3, 0.4) is 0 Å². The van der Waals surface area contributed by atoms with E-state index in [0.717, 1.165) is 5.56 Å². The molecule has 4 rings (SSSR count). The van der Waals surface area contributed by atoms with E-state index in [9.17, 15) is 18.0 Å². The minimum atomic E-state index is -3.85. The Labute approximate surface area is 205 Å². The number of likely N-dealkylation sites (tertiary alicyclic amines) is 1. The first-order valence-electron chi connectivity index (χ1n) is 11.5. The van der Waals surface area contributed by atoms with E-state index in [0.29, 0.717) is 48.5 Å². The lowest BCUT2D eigenvalue weighted by molar-refractivity contribution is 0.0694. The highest BCUT2D eigenvalue weighted by Crippen LogP contribution is 2.22. The molecule has 9 heteroatoms. The number of benzene rings is 2. The van der Waals surface area contributed by atoms with Crippen LogP contribution >= 0.6 is 0 Å². The minimum Gasteiger partial charge on any atom is -0.456 e. The number of sulfonamides is 1. The van der Waals surface area contributed by atoms with Gasteiger partial charge in [-0.25, -0.2) is 8.42 Å². The quantitative estimate of drug-likeness (QED) is 0.537. The normalized spacial score (nSPS) is 14.5. The van der Waals surface area contributed by atoms with Gasteiger partial charge in [-0.2, -0.15) is 0 Å². The monoisotopic (exact) mass is 495 g/mol. The fraction of sp³-hybridized carbons (Fsp3) is 0.308. The summed E-state index contributed by atoms with van der Waals surface area (Å²) >= 11 is 0. The molecule has 0 saturated carbocycles. The lowest BCUT2D eigenvalue weighted by atomic mass is 10.0. The van der Waals surface area contributed by atoms with Gasteiger partial charge in [0.05, 0.1) is 4.90 Å². The van der Waals surface area contributed by atoms with Crippen LogP contribution in [-0.4, -0.2) is 44.3 Å². The molecule has 2 amide bonds. The lowest BCUT2D eigenvalue weighted by Gasteiger charge is -2.32. The van der Waals surface area contributed by atoms with Crippen LogP contribution in [0.15, 0.2) is 63.9 Å². The van der Waals surface area contributed by atoms with Crippen LogP contribution in [0.4, 0.5) is 5.69 Å². The zero-order chi connectivity index (χ0) is 25.2. The van der Waals surface area contributed by atoms with Gasteiger partial charge in [-0.05, 0) is 75.6 Å². The number of hydrogen-bond donors (Lipinski definition) is 2. The number of nitrogens with one attached hydrogen (secondary N) is 2. The Morgan fingerprint density at radius 3 is 2.26 bits per heavy atom. The van der Waals surface area contributed by atoms with Crippen molar-refractivity contribution in [1.82, 2.24) is 10.2 Å². The van der Waals surface area contributed by atoms with Gasteiger partial charge in [0.25, 0.3) is 21.8 Å². The first-order valence-corrected chi connectivity index (χ1v) is 13.0. The van der Waals surface area contributed by atoms with E-state index >= 15 is 0 Å². The van der Waals surface area contributed by atoms with E-state index in [1.807, 2.05) is 19.1 Å². The van der Waals surface area contributed by atoms with Crippen LogP contribution in [-0.2, 0) is 10.0 Å². The summed E-state index contributed by atoms with van der Waals surface area (Å²) in [5, 5.41) is 2.96. The van der Waals surface area contributed by atoms with E-state index in [-0.39, 0.29) is 28.5 Å². The van der Waals surface area contributed by atoms with E-state index in [1.165, 1.54) is 12.1 Å². The Balaban J connectivity index is 1.42. The predicted molar refractivity (Wildman–Crippen MR) is 133 cm³/mol. The first-order chi connectivity index (χ1) is 16.6. The molecule has 0 aliphatic carbocycles. The van der Waals surface area contributed by atoms with Crippen LogP contribution in [0.25, 0.3) is 0 Å². The number of furan rings is 1. The molecule has 2 N–H and O–H groups in total. The summed E-state index contributed by atoms with van der Waals surface area (Å²) < 4.78 is 33.8. The third-order valence-electron chi connectivity index (χ3n) is 6.14. The van der Waals surface area contributed by atoms with Crippen LogP contribution in [0.2, 0.25) is 0 Å². The number of hydrogen-bond acceptors (Lipinski definition) is 5. The van der Waals surface area contributed by atoms with Gasteiger partial charge < -0.3 is 14.6 Å². The maximum absolute atomic E-state index is 13.3. The molecule has 3 aromatic rings. The summed E-state index contributed by atoms with van der Waals surface area (Å²) in [6, 6.07) is 14.9. The second-order valence-corrected chi connectivity index (χ2v) is 10.6. The van der Waals surface area contributed by atoms with Crippen molar-refractivity contribution >= 4 is 27.5 Å². The van der Waals surface area contributed by atoms with Crippen LogP contribution in [0, 0.1) is 20.8 Å². The van der Waals surface area contributed by atoms with Crippen molar-refractivity contribution in [2.75, 3.05) is 17.8 Å². The van der Waals surface area contributed by atoms with E-state index in [4.69, 9.17) is 4.42 Å². The molecule has 35 heavy (non-hydrogen) atoms. The summed E-state index contributed by atoms with van der Waals surface area (Å²) in [6.07, 6.45) is 1.20. The van der Waals surface area contributed by atoms with Crippen molar-refractivity contribution in [2.45, 2.75) is 44.6 Å². The van der Waals surface area contributed by atoms with Gasteiger partial charge in [0.15, 0.2) is 5.76 Å². The number of piperidine rings is 1. The summed E-state index contributed by atoms with van der Waals surface area (Å²) in [5.41, 5.74) is 2.53. The highest BCUT2D eigenvalue weighted by atomic mass is 32.2. The molecular formula is C26H29N3O5S. The Morgan fingerprint density at radius 1 is 0.943 bits per heavy atom. The van der Waals surface area contributed by atoms with Crippen molar-refractivity contribution < 1.29 is 22.4 Å². The lowest BCUT2D eigenvalue weighted by Crippen LogP contribution is -2.46. The van der Waals surface area contributed by atoms with Gasteiger partial charge in [-0.1, -0.05) is 23.8 Å². The van der Waals surface area contributed by atoms with Crippen molar-refractivity contribution in [2.24, 2.45) is 0 Å². The zero-order valence-corrected chi connectivity index (χ0v) is 20.8. The Morgan fingerprint density at radius 2 is 1.63 bits per heavy atom. The largest absolute Gasteiger partial charge is 0.456 e. The Hall–Kier alpha value is -3.59. The molecule has 2 heterocycles. The molecule has 0 atom stereocenters. The number of rotatable bonds is 6. The first kappa shape index (κ1) is 24.5. The second kappa shape index (κ2) is 9.95. The number of nitrogens with zero attached hydrogens (tertiary/aromatic N) is 1. The van der Waals surface area contributed by atoms with Crippen molar-refractivity contribution in [3.05, 3.63) is 82.8 Å². The van der Waals surface area contributed by atoms with Gasteiger partial charge in [-0.3, -0.25) is 14.3 Å². The molecule has 1 aliphatic rings. The van der Waals surface area contributed by atoms with Crippen LogP contribution < -0.4 is 10.0 Å². The number of carbonyl (C=O) groups is 2. The van der Waals surface area contributed by atoms with Gasteiger partial charge in [-0.15, -0.1) is 0 Å². The van der Waals surface area contributed by atoms with E-state index < -0.39 is 10.0 Å². The zero-order valence-electron chi connectivity index (χ0n) is 20.0. The third-order valence-corrected chi connectivity index (χ3v) is 7.51. The van der Waals surface area contributed by atoms with Crippen LogP contribution in [0.5, 0.6) is 0 Å². The molecule has 1 aliphatic heterocycles. The Kier molecular flexibility index (Phi) is 6.98. The topological polar surface area (TPSA) is 109 Å². The van der Waals surface area contributed by atoms with Crippen molar-refractivity contribution in [3.8, 4) is 0 Å². The maximum Gasteiger partial charge on any atom is 0.287 e. The molecule has 0 spiro atoms. The van der Waals surface area contributed by atoms with Crippen molar-refractivity contribution in [1.29, 1.82) is 0 Å². The predicted octanol–water partition coefficient (Wildman–Crippen LogP) is 4.04. The molecule has 1 fully saturated rings. The number of carbonyl (C=O) groups excluding carboxylic acids is 2. The maximum atomic E-state index is 13.3. The standard InChI is InChI=1S/C26H29N3O5S/c1-17-4-8-21(9-5-17)28-35(32,33)22-10-6-18(2)23(16-22)26(31)29-14-12-20(13-15-29)27-25(30)24-11-7-19(3)34-24/h4-11,16,20,28H,12-15H2,1-3H3,(H,27,30). The third kappa shape index (κ3) is 5.74. The van der Waals surface area contributed by atoms with Gasteiger partial charge in [0.2, 0.25) is 0 Å². The van der Waals surface area contributed by atoms with E-state index in [2.05, 4.69) is 10.0 Å². The van der Waals surface area contributed by atoms with Crippen molar-refractivity contribution in [3.63, 3.8) is 0 Å². The Bertz CT molecular complexity index is 1340. The fourth-order valence-electron chi connectivity index (χ4n) is 4.04. The van der Waals surface area contributed by atoms with Gasteiger partial charge in [0, 0.05) is 30.4 Å². The summed E-state index contributed by atoms with van der Waals surface area (Å²) in [5.74, 6) is 0.456. The number of aryl methyl sites for hydroxylation is 3. The highest BCUT2D eigenvalue weighted by molar-refractivity contribution is 7.92. The average molecular weight is 496 g/mol.